The highest BCUT2D eigenvalue weighted by Crippen LogP contribution is 2.03. The Bertz CT molecular complexity index is 50.1. The lowest BCUT2D eigenvalue weighted by Gasteiger charge is -1.97. The standard InChI is InChI=1S/C6H11I/c1-3-6(2)4-5-7/h3,6H,1,4-5H2,2H3/t6-/m0/s1. The van der Waals surface area contributed by atoms with Gasteiger partial charge in [-0.15, -0.1) is 6.58 Å². The highest BCUT2D eigenvalue weighted by Gasteiger charge is 1.89. The Hall–Kier alpha value is 0.470. The van der Waals surface area contributed by atoms with Gasteiger partial charge in [0.15, 0.2) is 0 Å². The Balaban J connectivity index is 2.98. The van der Waals surface area contributed by atoms with Gasteiger partial charge in [0.2, 0.25) is 0 Å². The molecule has 0 heterocycles. The van der Waals surface area contributed by atoms with Crippen molar-refractivity contribution in [2.75, 3.05) is 4.43 Å². The molecule has 42 valence electrons. The van der Waals surface area contributed by atoms with E-state index in [1.54, 1.807) is 0 Å². The smallest absolute Gasteiger partial charge is 0.0000769 e. The first-order valence-electron chi connectivity index (χ1n) is 2.49. The first-order chi connectivity index (χ1) is 3.31. The summed E-state index contributed by atoms with van der Waals surface area (Å²) in [6, 6.07) is 0. The van der Waals surface area contributed by atoms with Gasteiger partial charge in [0.1, 0.15) is 0 Å². The summed E-state index contributed by atoms with van der Waals surface area (Å²) in [4.78, 5) is 0. The Labute approximate surface area is 59.1 Å². The van der Waals surface area contributed by atoms with Crippen LogP contribution in [0.4, 0.5) is 0 Å². The summed E-state index contributed by atoms with van der Waals surface area (Å²) in [7, 11) is 0. The van der Waals surface area contributed by atoms with E-state index in [0.29, 0.717) is 5.92 Å². The zero-order valence-corrected chi connectivity index (χ0v) is 6.81. The molecule has 0 aromatic heterocycles. The van der Waals surface area contributed by atoms with Gasteiger partial charge in [-0.25, -0.2) is 0 Å². The van der Waals surface area contributed by atoms with E-state index in [0.717, 1.165) is 0 Å². The van der Waals surface area contributed by atoms with Crippen LogP contribution in [0.25, 0.3) is 0 Å². The fourth-order valence-corrected chi connectivity index (χ4v) is 1.27. The molecule has 0 spiro atoms. The predicted molar refractivity (Wildman–Crippen MR) is 42.9 cm³/mol. The second-order valence-corrected chi connectivity index (χ2v) is 2.77. The molecule has 0 bridgehead atoms. The molecule has 0 saturated carbocycles. The fourth-order valence-electron chi connectivity index (χ4n) is 0.290. The van der Waals surface area contributed by atoms with Crippen molar-refractivity contribution in [1.29, 1.82) is 0 Å². The molecule has 0 saturated heterocycles. The van der Waals surface area contributed by atoms with Crippen molar-refractivity contribution in [2.24, 2.45) is 5.92 Å². The monoisotopic (exact) mass is 210 g/mol. The summed E-state index contributed by atoms with van der Waals surface area (Å²) in [5, 5.41) is 0. The maximum absolute atomic E-state index is 3.68. The second kappa shape index (κ2) is 4.62. The maximum atomic E-state index is 3.68. The number of allylic oxidation sites excluding steroid dienone is 1. The minimum absolute atomic E-state index is 0.705. The minimum Gasteiger partial charge on any atom is -0.103 e. The Morgan fingerprint density at radius 3 is 2.57 bits per heavy atom. The van der Waals surface area contributed by atoms with E-state index in [1.807, 2.05) is 6.08 Å². The predicted octanol–water partition coefficient (Wildman–Crippen LogP) is 2.63. The third kappa shape index (κ3) is 4.32. The number of hydrogen-bond acceptors (Lipinski definition) is 0. The summed E-state index contributed by atoms with van der Waals surface area (Å²) < 4.78 is 1.24. The van der Waals surface area contributed by atoms with Crippen molar-refractivity contribution in [3.63, 3.8) is 0 Å². The van der Waals surface area contributed by atoms with E-state index in [4.69, 9.17) is 0 Å². The van der Waals surface area contributed by atoms with Crippen molar-refractivity contribution < 1.29 is 0 Å². The van der Waals surface area contributed by atoms with Crippen molar-refractivity contribution in [2.45, 2.75) is 13.3 Å². The molecule has 7 heavy (non-hydrogen) atoms. The van der Waals surface area contributed by atoms with E-state index in [-0.39, 0.29) is 0 Å². The molecule has 0 nitrogen and oxygen atoms in total. The average Bonchev–Trinajstić information content (AvgIpc) is 1.68. The van der Waals surface area contributed by atoms with Crippen LogP contribution in [0.2, 0.25) is 0 Å². The number of rotatable bonds is 3. The van der Waals surface area contributed by atoms with Crippen LogP contribution in [-0.2, 0) is 0 Å². The Morgan fingerprint density at radius 2 is 2.43 bits per heavy atom. The SMILES string of the molecule is C=C[C@H](C)CCI. The van der Waals surface area contributed by atoms with E-state index < -0.39 is 0 Å². The molecule has 0 rings (SSSR count). The van der Waals surface area contributed by atoms with Crippen LogP contribution < -0.4 is 0 Å². The third-order valence-corrected chi connectivity index (χ3v) is 1.59. The summed E-state index contributed by atoms with van der Waals surface area (Å²) in [5.41, 5.74) is 0. The maximum Gasteiger partial charge on any atom is 0.0000769 e. The highest BCUT2D eigenvalue weighted by atomic mass is 127. The Kier molecular flexibility index (Phi) is 4.94. The van der Waals surface area contributed by atoms with Crippen molar-refractivity contribution >= 4 is 22.6 Å². The van der Waals surface area contributed by atoms with Crippen LogP contribution in [0, 0.1) is 5.92 Å². The molecule has 0 unspecified atom stereocenters. The first kappa shape index (κ1) is 7.47. The van der Waals surface area contributed by atoms with Gasteiger partial charge in [-0.1, -0.05) is 35.6 Å². The molecule has 0 aromatic carbocycles. The third-order valence-electron chi connectivity index (χ3n) is 0.967. The van der Waals surface area contributed by atoms with Gasteiger partial charge < -0.3 is 0 Å². The molecule has 0 aliphatic rings. The fraction of sp³-hybridized carbons (Fsp3) is 0.667. The first-order valence-corrected chi connectivity index (χ1v) is 4.02. The number of alkyl halides is 1. The lowest BCUT2D eigenvalue weighted by molar-refractivity contribution is 0.714. The zero-order valence-electron chi connectivity index (χ0n) is 4.65. The number of halogens is 1. The van der Waals surface area contributed by atoms with E-state index >= 15 is 0 Å². The van der Waals surface area contributed by atoms with Gasteiger partial charge in [0, 0.05) is 4.43 Å². The van der Waals surface area contributed by atoms with Crippen LogP contribution in [0.15, 0.2) is 12.7 Å². The molecule has 0 aliphatic heterocycles. The highest BCUT2D eigenvalue weighted by molar-refractivity contribution is 14.1. The van der Waals surface area contributed by atoms with E-state index in [1.165, 1.54) is 10.8 Å². The normalized spacial score (nSPS) is 13.4. The molecule has 0 N–H and O–H groups in total. The summed E-state index contributed by atoms with van der Waals surface area (Å²) >= 11 is 2.38. The molecule has 1 atom stereocenters. The summed E-state index contributed by atoms with van der Waals surface area (Å²) in [5.74, 6) is 0.705. The van der Waals surface area contributed by atoms with Crippen LogP contribution >= 0.6 is 22.6 Å². The van der Waals surface area contributed by atoms with Crippen molar-refractivity contribution in [3.8, 4) is 0 Å². The molecular weight excluding hydrogens is 199 g/mol. The topological polar surface area (TPSA) is 0 Å². The lowest BCUT2D eigenvalue weighted by atomic mass is 10.1. The quantitative estimate of drug-likeness (QED) is 0.381. The van der Waals surface area contributed by atoms with Crippen molar-refractivity contribution in [3.05, 3.63) is 12.7 Å². The van der Waals surface area contributed by atoms with E-state index in [9.17, 15) is 0 Å². The largest absolute Gasteiger partial charge is 0.103 e. The number of hydrogen-bond donors (Lipinski definition) is 0. The minimum atomic E-state index is 0.705. The molecule has 0 radical (unpaired) electrons. The van der Waals surface area contributed by atoms with Gasteiger partial charge >= 0.3 is 0 Å². The van der Waals surface area contributed by atoms with Gasteiger partial charge in [-0.05, 0) is 12.3 Å². The zero-order chi connectivity index (χ0) is 5.70. The summed E-state index contributed by atoms with van der Waals surface area (Å²) in [6.45, 7) is 5.86. The van der Waals surface area contributed by atoms with Crippen molar-refractivity contribution in [1.82, 2.24) is 0 Å². The van der Waals surface area contributed by atoms with Gasteiger partial charge in [0.25, 0.3) is 0 Å². The van der Waals surface area contributed by atoms with Crippen LogP contribution in [0.1, 0.15) is 13.3 Å². The molecule has 0 fully saturated rings. The van der Waals surface area contributed by atoms with E-state index in [2.05, 4.69) is 36.1 Å². The average molecular weight is 210 g/mol. The molecule has 1 heteroatoms. The summed E-state index contributed by atoms with van der Waals surface area (Å²) in [6.07, 6.45) is 3.27. The van der Waals surface area contributed by atoms with Crippen LogP contribution in [0.5, 0.6) is 0 Å². The molecule has 0 aliphatic carbocycles. The van der Waals surface area contributed by atoms with Crippen LogP contribution in [-0.4, -0.2) is 4.43 Å². The van der Waals surface area contributed by atoms with Gasteiger partial charge in [-0.2, -0.15) is 0 Å². The molecule has 0 amide bonds. The Morgan fingerprint density at radius 1 is 1.86 bits per heavy atom. The van der Waals surface area contributed by atoms with Crippen LogP contribution in [0.3, 0.4) is 0 Å². The van der Waals surface area contributed by atoms with Gasteiger partial charge in [-0.3, -0.25) is 0 Å². The molecule has 0 aromatic rings. The van der Waals surface area contributed by atoms with Gasteiger partial charge in [0.05, 0.1) is 0 Å². The molecular formula is C6H11I. The second-order valence-electron chi connectivity index (χ2n) is 1.69. The lowest BCUT2D eigenvalue weighted by Crippen LogP contribution is -1.87.